The molecule has 0 spiro atoms. The Morgan fingerprint density at radius 2 is 2.25 bits per heavy atom. The van der Waals surface area contributed by atoms with Gasteiger partial charge in [0.05, 0.1) is 0 Å². The van der Waals surface area contributed by atoms with E-state index in [0.717, 1.165) is 43.5 Å². The zero-order chi connectivity index (χ0) is 14.5. The lowest BCUT2D eigenvalue weighted by atomic mass is 10.1. The van der Waals surface area contributed by atoms with Crippen molar-refractivity contribution in [2.24, 2.45) is 0 Å². The van der Waals surface area contributed by atoms with E-state index >= 15 is 0 Å². The first-order valence-electron chi connectivity index (χ1n) is 7.28. The summed E-state index contributed by atoms with van der Waals surface area (Å²) in [6.45, 7) is 0.873. The summed E-state index contributed by atoms with van der Waals surface area (Å²) >= 11 is 5.77. The number of amides is 1. The van der Waals surface area contributed by atoms with Gasteiger partial charge in [0.25, 0.3) is 5.91 Å². The van der Waals surface area contributed by atoms with Crippen molar-refractivity contribution >= 4 is 23.2 Å². The minimum atomic E-state index is 0.158. The van der Waals surface area contributed by atoms with Crippen LogP contribution in [0.1, 0.15) is 36.0 Å². The lowest BCUT2D eigenvalue weighted by Crippen LogP contribution is -2.35. The number of rotatable bonds is 5. The van der Waals surface area contributed by atoms with Crippen LogP contribution < -0.4 is 4.90 Å². The second kappa shape index (κ2) is 6.98. The van der Waals surface area contributed by atoms with E-state index in [4.69, 9.17) is 11.6 Å². The number of hydrogen-bond acceptors (Lipinski definition) is 2. The fourth-order valence-corrected chi connectivity index (χ4v) is 2.95. The van der Waals surface area contributed by atoms with Crippen LogP contribution in [0.4, 0.5) is 5.69 Å². The molecule has 2 rings (SSSR count). The standard InChI is InChI=1S/C16H23ClN2O/c1-18(2)15-7-3-6-13(12-15)16(20)19-11-5-9-14(19)8-4-10-17/h3,6-7,12,14H,4-5,8-11H2,1-2H3. The first-order chi connectivity index (χ1) is 9.63. The predicted molar refractivity (Wildman–Crippen MR) is 84.8 cm³/mol. The fraction of sp³-hybridized carbons (Fsp3) is 0.562. The third-order valence-corrected chi connectivity index (χ3v) is 4.19. The van der Waals surface area contributed by atoms with Crippen LogP contribution in [0.2, 0.25) is 0 Å². The molecule has 0 aromatic heterocycles. The number of carbonyl (C=O) groups is 1. The Morgan fingerprint density at radius 1 is 1.45 bits per heavy atom. The van der Waals surface area contributed by atoms with Crippen molar-refractivity contribution in [1.82, 2.24) is 4.90 Å². The molecule has 1 aliphatic rings. The molecule has 1 atom stereocenters. The normalized spacial score (nSPS) is 18.4. The maximum Gasteiger partial charge on any atom is 0.254 e. The van der Waals surface area contributed by atoms with E-state index in [1.165, 1.54) is 0 Å². The van der Waals surface area contributed by atoms with Crippen LogP contribution in [0.15, 0.2) is 24.3 Å². The molecule has 1 aromatic rings. The third kappa shape index (κ3) is 3.45. The van der Waals surface area contributed by atoms with Crippen LogP contribution >= 0.6 is 11.6 Å². The predicted octanol–water partition coefficient (Wildman–Crippen LogP) is 3.38. The summed E-state index contributed by atoms with van der Waals surface area (Å²) in [6, 6.07) is 8.22. The van der Waals surface area contributed by atoms with Gasteiger partial charge in [-0.2, -0.15) is 0 Å². The van der Waals surface area contributed by atoms with E-state index in [-0.39, 0.29) is 5.91 Å². The molecule has 1 heterocycles. The van der Waals surface area contributed by atoms with Crippen LogP contribution in [0.3, 0.4) is 0 Å². The maximum absolute atomic E-state index is 12.7. The summed E-state index contributed by atoms with van der Waals surface area (Å²) in [5.74, 6) is 0.833. The molecule has 1 amide bonds. The lowest BCUT2D eigenvalue weighted by Gasteiger charge is -2.25. The number of alkyl halides is 1. The Balaban J connectivity index is 2.11. The van der Waals surface area contributed by atoms with Crippen molar-refractivity contribution in [2.45, 2.75) is 31.7 Å². The fourth-order valence-electron chi connectivity index (χ4n) is 2.80. The second-order valence-corrected chi connectivity index (χ2v) is 5.95. The van der Waals surface area contributed by atoms with Crippen molar-refractivity contribution in [3.8, 4) is 0 Å². The zero-order valence-corrected chi connectivity index (χ0v) is 13.1. The highest BCUT2D eigenvalue weighted by Crippen LogP contribution is 2.25. The summed E-state index contributed by atoms with van der Waals surface area (Å²) in [7, 11) is 3.98. The molecule has 1 aliphatic heterocycles. The Labute approximate surface area is 126 Å². The Hall–Kier alpha value is -1.22. The Kier molecular flexibility index (Phi) is 5.30. The molecule has 0 aliphatic carbocycles. The van der Waals surface area contributed by atoms with E-state index < -0.39 is 0 Å². The average molecular weight is 295 g/mol. The van der Waals surface area contributed by atoms with Crippen molar-refractivity contribution in [1.29, 1.82) is 0 Å². The van der Waals surface area contributed by atoms with Gasteiger partial charge in [-0.05, 0) is 43.9 Å². The second-order valence-electron chi connectivity index (χ2n) is 5.57. The number of halogens is 1. The molecule has 110 valence electrons. The van der Waals surface area contributed by atoms with Gasteiger partial charge in [0.15, 0.2) is 0 Å². The smallest absolute Gasteiger partial charge is 0.254 e. The first kappa shape index (κ1) is 15.2. The van der Waals surface area contributed by atoms with E-state index in [0.29, 0.717) is 11.9 Å². The van der Waals surface area contributed by atoms with E-state index in [1.807, 2.05) is 48.2 Å². The first-order valence-corrected chi connectivity index (χ1v) is 7.81. The largest absolute Gasteiger partial charge is 0.378 e. The van der Waals surface area contributed by atoms with Gasteiger partial charge in [-0.1, -0.05) is 6.07 Å². The third-order valence-electron chi connectivity index (χ3n) is 3.92. The molecule has 1 fully saturated rings. The molecule has 1 saturated heterocycles. The molecule has 0 saturated carbocycles. The molecule has 1 unspecified atom stereocenters. The number of likely N-dealkylation sites (tertiary alicyclic amines) is 1. The Bertz CT molecular complexity index is 462. The number of hydrogen-bond donors (Lipinski definition) is 0. The number of benzene rings is 1. The molecular weight excluding hydrogens is 272 g/mol. The van der Waals surface area contributed by atoms with Gasteiger partial charge in [-0.25, -0.2) is 0 Å². The molecule has 0 bridgehead atoms. The van der Waals surface area contributed by atoms with Crippen molar-refractivity contribution in [3.63, 3.8) is 0 Å². The van der Waals surface area contributed by atoms with E-state index in [2.05, 4.69) is 0 Å². The summed E-state index contributed by atoms with van der Waals surface area (Å²) in [5, 5.41) is 0. The van der Waals surface area contributed by atoms with E-state index in [9.17, 15) is 4.79 Å². The van der Waals surface area contributed by atoms with Crippen molar-refractivity contribution in [3.05, 3.63) is 29.8 Å². The summed E-state index contributed by atoms with van der Waals surface area (Å²) in [4.78, 5) is 16.7. The Morgan fingerprint density at radius 3 is 2.95 bits per heavy atom. The van der Waals surface area contributed by atoms with E-state index in [1.54, 1.807) is 0 Å². The SMILES string of the molecule is CN(C)c1cccc(C(=O)N2CCCC2CCCCl)c1. The molecule has 20 heavy (non-hydrogen) atoms. The van der Waals surface area contributed by atoms with Crippen LogP contribution in [0.25, 0.3) is 0 Å². The topological polar surface area (TPSA) is 23.6 Å². The molecule has 0 radical (unpaired) electrons. The maximum atomic E-state index is 12.7. The van der Waals surface area contributed by atoms with Gasteiger partial charge < -0.3 is 9.80 Å². The monoisotopic (exact) mass is 294 g/mol. The average Bonchev–Trinajstić information content (AvgIpc) is 2.92. The van der Waals surface area contributed by atoms with Crippen molar-refractivity contribution in [2.75, 3.05) is 31.4 Å². The minimum absolute atomic E-state index is 0.158. The highest BCUT2D eigenvalue weighted by Gasteiger charge is 2.28. The molecule has 1 aromatic carbocycles. The highest BCUT2D eigenvalue weighted by molar-refractivity contribution is 6.17. The number of carbonyl (C=O) groups excluding carboxylic acids is 1. The summed E-state index contributed by atoms with van der Waals surface area (Å²) in [6.07, 6.45) is 4.21. The highest BCUT2D eigenvalue weighted by atomic mass is 35.5. The van der Waals surface area contributed by atoms with Gasteiger partial charge in [0.1, 0.15) is 0 Å². The minimum Gasteiger partial charge on any atom is -0.378 e. The van der Waals surface area contributed by atoms with Crippen LogP contribution in [0, 0.1) is 0 Å². The van der Waals surface area contributed by atoms with Crippen molar-refractivity contribution < 1.29 is 4.79 Å². The van der Waals surface area contributed by atoms with Gasteiger partial charge >= 0.3 is 0 Å². The van der Waals surface area contributed by atoms with Gasteiger partial charge in [0, 0.05) is 43.8 Å². The zero-order valence-electron chi connectivity index (χ0n) is 12.3. The number of anilines is 1. The van der Waals surface area contributed by atoms with Gasteiger partial charge in [-0.3, -0.25) is 4.79 Å². The molecular formula is C16H23ClN2O. The molecule has 4 heteroatoms. The van der Waals surface area contributed by atoms with Gasteiger partial charge in [-0.15, -0.1) is 11.6 Å². The summed E-state index contributed by atoms with van der Waals surface area (Å²) in [5.41, 5.74) is 1.85. The number of nitrogens with zero attached hydrogens (tertiary/aromatic N) is 2. The van der Waals surface area contributed by atoms with Crippen LogP contribution in [-0.2, 0) is 0 Å². The van der Waals surface area contributed by atoms with Crippen LogP contribution in [0.5, 0.6) is 0 Å². The quantitative estimate of drug-likeness (QED) is 0.777. The van der Waals surface area contributed by atoms with Gasteiger partial charge in [0.2, 0.25) is 0 Å². The molecule has 0 N–H and O–H groups in total. The lowest BCUT2D eigenvalue weighted by molar-refractivity contribution is 0.0730. The molecule has 3 nitrogen and oxygen atoms in total. The van der Waals surface area contributed by atoms with Crippen LogP contribution in [-0.4, -0.2) is 43.4 Å². The summed E-state index contributed by atoms with van der Waals surface area (Å²) < 4.78 is 0.